The molecule has 0 bridgehead atoms. The Bertz CT molecular complexity index is 906. The number of ether oxygens (including phenoxy) is 1. The minimum Gasteiger partial charge on any atom is -0.497 e. The summed E-state index contributed by atoms with van der Waals surface area (Å²) in [7, 11) is 1.61. The molecule has 0 aliphatic rings. The van der Waals surface area contributed by atoms with Crippen molar-refractivity contribution in [2.24, 2.45) is 0 Å². The number of aromatic nitrogens is 2. The summed E-state index contributed by atoms with van der Waals surface area (Å²) in [4.78, 5) is 14.7. The summed E-state index contributed by atoms with van der Waals surface area (Å²) in [5.41, 5.74) is 2.08. The molecule has 3 aromatic rings. The van der Waals surface area contributed by atoms with Crippen LogP contribution in [0.4, 0.5) is 0 Å². The fourth-order valence-electron chi connectivity index (χ4n) is 2.79. The Labute approximate surface area is 159 Å². The van der Waals surface area contributed by atoms with E-state index in [0.717, 1.165) is 26.7 Å². The zero-order chi connectivity index (χ0) is 18.7. The van der Waals surface area contributed by atoms with Crippen LogP contribution in [0.3, 0.4) is 0 Å². The van der Waals surface area contributed by atoms with Crippen molar-refractivity contribution in [3.8, 4) is 5.75 Å². The van der Waals surface area contributed by atoms with Crippen LogP contribution in [0.5, 0.6) is 5.75 Å². The van der Waals surface area contributed by atoms with Crippen molar-refractivity contribution in [2.45, 2.75) is 19.6 Å². The van der Waals surface area contributed by atoms with E-state index in [1.54, 1.807) is 18.9 Å². The first-order valence-corrected chi connectivity index (χ1v) is 9.01. The van der Waals surface area contributed by atoms with Crippen molar-refractivity contribution < 1.29 is 14.6 Å². The van der Waals surface area contributed by atoms with Gasteiger partial charge in [-0.05, 0) is 42.8 Å². The van der Waals surface area contributed by atoms with Gasteiger partial charge in [-0.1, -0.05) is 28.1 Å². The molecule has 26 heavy (non-hydrogen) atoms. The van der Waals surface area contributed by atoms with E-state index in [1.807, 2.05) is 42.5 Å². The molecule has 7 heteroatoms. The Hall–Kier alpha value is -2.38. The van der Waals surface area contributed by atoms with E-state index < -0.39 is 6.10 Å². The SMILES string of the molecule is COc1ccc(CN(C[C@H](C)O)C(=O)c2n[nH]c3cc(Br)ccc23)cc1. The number of carbonyl (C=O) groups excluding carboxylic acids is 1. The Morgan fingerprint density at radius 2 is 2.04 bits per heavy atom. The lowest BCUT2D eigenvalue weighted by Gasteiger charge is -2.23. The molecule has 0 aliphatic heterocycles. The Morgan fingerprint density at radius 3 is 2.69 bits per heavy atom. The second-order valence-corrected chi connectivity index (χ2v) is 7.06. The highest BCUT2D eigenvalue weighted by Gasteiger charge is 2.22. The van der Waals surface area contributed by atoms with Gasteiger partial charge in [-0.3, -0.25) is 9.89 Å². The van der Waals surface area contributed by atoms with Gasteiger partial charge in [-0.25, -0.2) is 0 Å². The smallest absolute Gasteiger partial charge is 0.275 e. The number of H-pyrrole nitrogens is 1. The number of nitrogens with one attached hydrogen (secondary N) is 1. The van der Waals surface area contributed by atoms with Crippen molar-refractivity contribution in [1.29, 1.82) is 0 Å². The number of nitrogens with zero attached hydrogens (tertiary/aromatic N) is 2. The molecule has 3 rings (SSSR count). The number of fused-ring (bicyclic) bond motifs is 1. The third-order valence-electron chi connectivity index (χ3n) is 4.03. The van der Waals surface area contributed by atoms with Crippen LogP contribution in [0.15, 0.2) is 46.9 Å². The number of hydrogen-bond donors (Lipinski definition) is 2. The van der Waals surface area contributed by atoms with E-state index >= 15 is 0 Å². The molecule has 1 atom stereocenters. The molecule has 0 unspecified atom stereocenters. The van der Waals surface area contributed by atoms with Crippen LogP contribution in [0, 0.1) is 0 Å². The summed E-state index contributed by atoms with van der Waals surface area (Å²) in [6.45, 7) is 2.25. The second-order valence-electron chi connectivity index (χ2n) is 6.14. The third kappa shape index (κ3) is 4.05. The lowest BCUT2D eigenvalue weighted by molar-refractivity contribution is 0.0626. The Morgan fingerprint density at radius 1 is 1.31 bits per heavy atom. The first-order chi connectivity index (χ1) is 12.5. The van der Waals surface area contributed by atoms with E-state index in [1.165, 1.54) is 0 Å². The maximum atomic E-state index is 13.1. The molecule has 0 radical (unpaired) electrons. The third-order valence-corrected chi connectivity index (χ3v) is 4.53. The lowest BCUT2D eigenvalue weighted by atomic mass is 10.1. The topological polar surface area (TPSA) is 78.5 Å². The Balaban J connectivity index is 1.89. The number of halogens is 1. The number of methoxy groups -OCH3 is 1. The number of aliphatic hydroxyl groups excluding tert-OH is 1. The van der Waals surface area contributed by atoms with Crippen LogP contribution in [-0.2, 0) is 6.54 Å². The first-order valence-electron chi connectivity index (χ1n) is 8.22. The molecule has 1 heterocycles. The molecule has 136 valence electrons. The van der Waals surface area contributed by atoms with Crippen molar-refractivity contribution >= 4 is 32.7 Å². The van der Waals surface area contributed by atoms with E-state index in [9.17, 15) is 9.90 Å². The molecule has 6 nitrogen and oxygen atoms in total. The molecular weight excluding hydrogens is 398 g/mol. The predicted molar refractivity (Wildman–Crippen MR) is 103 cm³/mol. The van der Waals surface area contributed by atoms with E-state index in [4.69, 9.17) is 4.74 Å². The van der Waals surface area contributed by atoms with Crippen LogP contribution >= 0.6 is 15.9 Å². The van der Waals surface area contributed by atoms with Gasteiger partial charge in [0.15, 0.2) is 5.69 Å². The van der Waals surface area contributed by atoms with Gasteiger partial charge in [0.25, 0.3) is 5.91 Å². The van der Waals surface area contributed by atoms with Gasteiger partial charge < -0.3 is 14.7 Å². The number of amides is 1. The highest BCUT2D eigenvalue weighted by molar-refractivity contribution is 9.10. The minimum atomic E-state index is -0.642. The maximum Gasteiger partial charge on any atom is 0.275 e. The highest BCUT2D eigenvalue weighted by Crippen LogP contribution is 2.22. The van der Waals surface area contributed by atoms with Gasteiger partial charge in [0.2, 0.25) is 0 Å². The van der Waals surface area contributed by atoms with Crippen LogP contribution < -0.4 is 4.74 Å². The van der Waals surface area contributed by atoms with E-state index in [-0.39, 0.29) is 12.5 Å². The van der Waals surface area contributed by atoms with Crippen molar-refractivity contribution in [1.82, 2.24) is 15.1 Å². The van der Waals surface area contributed by atoms with Gasteiger partial charge in [-0.15, -0.1) is 0 Å². The number of rotatable bonds is 6. The molecular formula is C19H20BrN3O3. The summed E-state index contributed by atoms with van der Waals surface area (Å²) in [5.74, 6) is 0.529. The van der Waals surface area contributed by atoms with Crippen LogP contribution in [0.2, 0.25) is 0 Å². The van der Waals surface area contributed by atoms with Gasteiger partial charge in [-0.2, -0.15) is 5.10 Å². The number of aliphatic hydroxyl groups is 1. The van der Waals surface area contributed by atoms with Gasteiger partial charge >= 0.3 is 0 Å². The predicted octanol–water partition coefficient (Wildman–Crippen LogP) is 3.36. The zero-order valence-electron chi connectivity index (χ0n) is 14.6. The normalized spacial score (nSPS) is 12.2. The number of carbonyl (C=O) groups is 1. The van der Waals surface area contributed by atoms with Gasteiger partial charge in [0.05, 0.1) is 18.7 Å². The summed E-state index contributed by atoms with van der Waals surface area (Å²) in [6, 6.07) is 13.1. The van der Waals surface area contributed by atoms with Crippen LogP contribution in [0.25, 0.3) is 10.9 Å². The molecule has 1 aromatic heterocycles. The van der Waals surface area contributed by atoms with Crippen LogP contribution in [-0.4, -0.2) is 45.9 Å². The monoisotopic (exact) mass is 417 g/mol. The number of aromatic amines is 1. The molecule has 1 amide bonds. The summed E-state index contributed by atoms with van der Waals surface area (Å²) < 4.78 is 6.07. The zero-order valence-corrected chi connectivity index (χ0v) is 16.2. The molecule has 0 fully saturated rings. The lowest BCUT2D eigenvalue weighted by Crippen LogP contribution is -2.36. The summed E-state index contributed by atoms with van der Waals surface area (Å²) in [6.07, 6.45) is -0.642. The molecule has 0 saturated carbocycles. The van der Waals surface area contributed by atoms with E-state index in [0.29, 0.717) is 12.2 Å². The number of hydrogen-bond acceptors (Lipinski definition) is 4. The molecule has 2 N–H and O–H groups in total. The summed E-state index contributed by atoms with van der Waals surface area (Å²) in [5, 5.41) is 17.7. The fraction of sp³-hybridized carbons (Fsp3) is 0.263. The standard InChI is InChI=1S/C19H20BrN3O3/c1-12(24)10-23(11-13-3-6-15(26-2)7-4-13)19(25)18-16-8-5-14(20)9-17(16)21-22-18/h3-9,12,24H,10-11H2,1-2H3,(H,21,22)/t12-/m0/s1. The summed E-state index contributed by atoms with van der Waals surface area (Å²) >= 11 is 3.41. The highest BCUT2D eigenvalue weighted by atomic mass is 79.9. The second kappa shape index (κ2) is 7.88. The van der Waals surface area contributed by atoms with E-state index in [2.05, 4.69) is 26.1 Å². The molecule has 0 spiro atoms. The quantitative estimate of drug-likeness (QED) is 0.644. The molecule has 0 aliphatic carbocycles. The largest absolute Gasteiger partial charge is 0.497 e. The Kier molecular flexibility index (Phi) is 5.58. The van der Waals surface area contributed by atoms with Crippen LogP contribution in [0.1, 0.15) is 23.0 Å². The van der Waals surface area contributed by atoms with Gasteiger partial charge in [0.1, 0.15) is 5.75 Å². The maximum absolute atomic E-state index is 13.1. The minimum absolute atomic E-state index is 0.218. The fourth-order valence-corrected chi connectivity index (χ4v) is 3.16. The van der Waals surface area contributed by atoms with Crippen molar-refractivity contribution in [2.75, 3.05) is 13.7 Å². The van der Waals surface area contributed by atoms with Crippen molar-refractivity contribution in [3.05, 3.63) is 58.2 Å². The number of benzene rings is 2. The first kappa shape index (κ1) is 18.4. The van der Waals surface area contributed by atoms with Crippen molar-refractivity contribution in [3.63, 3.8) is 0 Å². The average molecular weight is 418 g/mol. The van der Waals surface area contributed by atoms with Gasteiger partial charge in [0, 0.05) is 22.9 Å². The average Bonchev–Trinajstić information content (AvgIpc) is 3.03. The molecule has 0 saturated heterocycles. The molecule has 2 aromatic carbocycles.